The van der Waals surface area contributed by atoms with Crippen LogP contribution in [0.3, 0.4) is 0 Å². The minimum Gasteiger partial charge on any atom is -0.396 e. The molecular formula is C8H20N2O2. The molecule has 0 aliphatic carbocycles. The lowest BCUT2D eigenvalue weighted by Crippen LogP contribution is -2.51. The summed E-state index contributed by atoms with van der Waals surface area (Å²) in [5, 5.41) is 23.9. The van der Waals surface area contributed by atoms with Crippen LogP contribution in [0.5, 0.6) is 0 Å². The van der Waals surface area contributed by atoms with E-state index in [4.69, 9.17) is 10.2 Å². The lowest BCUT2D eigenvalue weighted by Gasteiger charge is -2.32. The standard InChI is InChI=1S/C8H20N2O2/c1-9-7-8(10-2,3-5-11)4-6-12/h9-12H,3-7H2,1-2H3. The van der Waals surface area contributed by atoms with Gasteiger partial charge in [0.25, 0.3) is 0 Å². The molecule has 4 heteroatoms. The Balaban J connectivity index is 4.06. The largest absolute Gasteiger partial charge is 0.396 e. The molecule has 0 aliphatic rings. The normalized spacial score (nSPS) is 12.0. The Morgan fingerprint density at radius 3 is 1.83 bits per heavy atom. The highest BCUT2D eigenvalue weighted by molar-refractivity contribution is 4.88. The molecule has 4 nitrogen and oxygen atoms in total. The first-order valence-corrected chi connectivity index (χ1v) is 4.30. The Labute approximate surface area is 74.0 Å². The van der Waals surface area contributed by atoms with Gasteiger partial charge in [-0.05, 0) is 26.9 Å². The zero-order valence-corrected chi connectivity index (χ0v) is 7.93. The van der Waals surface area contributed by atoms with Crippen molar-refractivity contribution in [3.05, 3.63) is 0 Å². The third kappa shape index (κ3) is 3.49. The van der Waals surface area contributed by atoms with Crippen LogP contribution >= 0.6 is 0 Å². The lowest BCUT2D eigenvalue weighted by atomic mass is 9.92. The van der Waals surface area contributed by atoms with Gasteiger partial charge in [0.15, 0.2) is 0 Å². The van der Waals surface area contributed by atoms with E-state index in [1.54, 1.807) is 0 Å². The van der Waals surface area contributed by atoms with Gasteiger partial charge in [0.05, 0.1) is 0 Å². The summed E-state index contributed by atoms with van der Waals surface area (Å²) in [5.74, 6) is 0. The van der Waals surface area contributed by atoms with Crippen LogP contribution in [0.4, 0.5) is 0 Å². The summed E-state index contributed by atoms with van der Waals surface area (Å²) in [5.41, 5.74) is -0.168. The van der Waals surface area contributed by atoms with Crippen LogP contribution in [0.2, 0.25) is 0 Å². The van der Waals surface area contributed by atoms with Crippen molar-refractivity contribution in [3.8, 4) is 0 Å². The van der Waals surface area contributed by atoms with Crippen molar-refractivity contribution < 1.29 is 10.2 Å². The topological polar surface area (TPSA) is 64.5 Å². The van der Waals surface area contributed by atoms with Gasteiger partial charge in [-0.15, -0.1) is 0 Å². The molecule has 0 unspecified atom stereocenters. The maximum absolute atomic E-state index is 8.84. The van der Waals surface area contributed by atoms with Gasteiger partial charge < -0.3 is 20.8 Å². The average molecular weight is 176 g/mol. The third-order valence-corrected chi connectivity index (χ3v) is 2.23. The minimum atomic E-state index is -0.168. The van der Waals surface area contributed by atoms with Crippen LogP contribution in [0.25, 0.3) is 0 Å². The monoisotopic (exact) mass is 176 g/mol. The van der Waals surface area contributed by atoms with E-state index < -0.39 is 0 Å². The number of hydrogen-bond acceptors (Lipinski definition) is 4. The smallest absolute Gasteiger partial charge is 0.0449 e. The molecular weight excluding hydrogens is 156 g/mol. The molecule has 0 rings (SSSR count). The summed E-state index contributed by atoms with van der Waals surface area (Å²) in [6.07, 6.45) is 1.32. The summed E-state index contributed by atoms with van der Waals surface area (Å²) in [6.45, 7) is 1.04. The highest BCUT2D eigenvalue weighted by Gasteiger charge is 2.25. The van der Waals surface area contributed by atoms with Crippen LogP contribution < -0.4 is 10.6 Å². The second kappa shape index (κ2) is 6.37. The first-order chi connectivity index (χ1) is 5.74. The van der Waals surface area contributed by atoms with Crippen molar-refractivity contribution in [1.29, 1.82) is 0 Å². The van der Waals surface area contributed by atoms with Gasteiger partial charge >= 0.3 is 0 Å². The molecule has 74 valence electrons. The molecule has 0 heterocycles. The molecule has 4 N–H and O–H groups in total. The molecule has 0 aliphatic heterocycles. The van der Waals surface area contributed by atoms with E-state index in [1.165, 1.54) is 0 Å². The number of likely N-dealkylation sites (N-methyl/N-ethyl adjacent to an activating group) is 2. The number of aliphatic hydroxyl groups excluding tert-OH is 2. The quantitative estimate of drug-likeness (QED) is 0.399. The van der Waals surface area contributed by atoms with E-state index in [9.17, 15) is 0 Å². The van der Waals surface area contributed by atoms with Gasteiger partial charge in [-0.1, -0.05) is 0 Å². The van der Waals surface area contributed by atoms with Crippen LogP contribution in [-0.4, -0.2) is 49.6 Å². The minimum absolute atomic E-state index is 0.141. The second-order valence-corrected chi connectivity index (χ2v) is 3.01. The molecule has 0 radical (unpaired) electrons. The Morgan fingerprint density at radius 1 is 1.08 bits per heavy atom. The molecule has 0 bridgehead atoms. The fraction of sp³-hybridized carbons (Fsp3) is 1.00. The summed E-state index contributed by atoms with van der Waals surface area (Å²) in [4.78, 5) is 0. The van der Waals surface area contributed by atoms with Crippen molar-refractivity contribution >= 4 is 0 Å². The summed E-state index contributed by atoms with van der Waals surface area (Å²) >= 11 is 0. The van der Waals surface area contributed by atoms with E-state index in [2.05, 4.69) is 10.6 Å². The Morgan fingerprint density at radius 2 is 1.58 bits per heavy atom. The molecule has 0 saturated heterocycles. The van der Waals surface area contributed by atoms with Crippen LogP contribution in [-0.2, 0) is 0 Å². The van der Waals surface area contributed by atoms with E-state index in [0.29, 0.717) is 12.8 Å². The third-order valence-electron chi connectivity index (χ3n) is 2.23. The predicted molar refractivity (Wildman–Crippen MR) is 49.1 cm³/mol. The van der Waals surface area contributed by atoms with Crippen LogP contribution in [0.1, 0.15) is 12.8 Å². The summed E-state index contributed by atoms with van der Waals surface area (Å²) < 4.78 is 0. The van der Waals surface area contributed by atoms with Crippen LogP contribution in [0, 0.1) is 0 Å². The maximum Gasteiger partial charge on any atom is 0.0449 e. The highest BCUT2D eigenvalue weighted by Crippen LogP contribution is 2.12. The van der Waals surface area contributed by atoms with Gasteiger partial charge in [-0.25, -0.2) is 0 Å². The van der Waals surface area contributed by atoms with Crippen molar-refractivity contribution in [2.24, 2.45) is 0 Å². The number of aliphatic hydroxyl groups is 2. The molecule has 0 aromatic carbocycles. The van der Waals surface area contributed by atoms with E-state index in [-0.39, 0.29) is 18.8 Å². The second-order valence-electron chi connectivity index (χ2n) is 3.01. The molecule has 0 aromatic rings. The molecule has 0 spiro atoms. The van der Waals surface area contributed by atoms with Crippen LogP contribution in [0.15, 0.2) is 0 Å². The molecule has 12 heavy (non-hydrogen) atoms. The van der Waals surface area contributed by atoms with E-state index in [1.807, 2.05) is 14.1 Å². The fourth-order valence-electron chi connectivity index (χ4n) is 1.41. The van der Waals surface area contributed by atoms with Gasteiger partial charge in [0.2, 0.25) is 0 Å². The Hall–Kier alpha value is -0.160. The molecule has 0 aromatic heterocycles. The highest BCUT2D eigenvalue weighted by atomic mass is 16.3. The first-order valence-electron chi connectivity index (χ1n) is 4.30. The zero-order chi connectivity index (χ0) is 9.45. The molecule has 0 fully saturated rings. The summed E-state index contributed by atoms with van der Waals surface area (Å²) in [7, 11) is 3.71. The first kappa shape index (κ1) is 11.8. The van der Waals surface area contributed by atoms with Gasteiger partial charge in [-0.2, -0.15) is 0 Å². The average Bonchev–Trinajstić information content (AvgIpc) is 2.06. The molecule has 0 saturated carbocycles. The van der Waals surface area contributed by atoms with Crippen molar-refractivity contribution in [2.75, 3.05) is 33.9 Å². The SMILES string of the molecule is CNCC(CCO)(CCO)NC. The number of nitrogens with one attached hydrogen (secondary N) is 2. The van der Waals surface area contributed by atoms with Gasteiger partial charge in [0.1, 0.15) is 0 Å². The molecule has 0 atom stereocenters. The van der Waals surface area contributed by atoms with Crippen molar-refractivity contribution in [2.45, 2.75) is 18.4 Å². The predicted octanol–water partition coefficient (Wildman–Crippen LogP) is -1.07. The Bertz CT molecular complexity index is 92.2. The lowest BCUT2D eigenvalue weighted by molar-refractivity contribution is 0.169. The summed E-state index contributed by atoms with van der Waals surface area (Å²) in [6, 6.07) is 0. The zero-order valence-electron chi connectivity index (χ0n) is 7.93. The fourth-order valence-corrected chi connectivity index (χ4v) is 1.41. The number of hydrogen-bond donors (Lipinski definition) is 4. The van der Waals surface area contributed by atoms with Gasteiger partial charge in [-0.3, -0.25) is 0 Å². The van der Waals surface area contributed by atoms with E-state index >= 15 is 0 Å². The van der Waals surface area contributed by atoms with Crippen molar-refractivity contribution in [1.82, 2.24) is 10.6 Å². The molecule has 0 amide bonds. The van der Waals surface area contributed by atoms with E-state index in [0.717, 1.165) is 6.54 Å². The maximum atomic E-state index is 8.84. The number of rotatable bonds is 7. The van der Waals surface area contributed by atoms with Gasteiger partial charge in [0, 0.05) is 25.3 Å². The van der Waals surface area contributed by atoms with Crippen molar-refractivity contribution in [3.63, 3.8) is 0 Å². The Kier molecular flexibility index (Phi) is 6.28.